The second-order valence-electron chi connectivity index (χ2n) is 5.54. The predicted molar refractivity (Wildman–Crippen MR) is 81.8 cm³/mol. The van der Waals surface area contributed by atoms with E-state index in [0.29, 0.717) is 12.1 Å². The monoisotopic (exact) mass is 288 g/mol. The standard InChI is InChI=1S/C17H18F2N2/c1-11-3-5-14(18)17(16(11)19)20-10-12-4-6-15-13(9-12)7-8-21(15)2/h3-6,9,20H,7-8,10H2,1-2H3. The van der Waals surface area contributed by atoms with Gasteiger partial charge in [-0.3, -0.25) is 0 Å². The fourth-order valence-corrected chi connectivity index (χ4v) is 2.74. The third-order valence-corrected chi connectivity index (χ3v) is 4.03. The molecule has 2 nitrogen and oxygen atoms in total. The number of rotatable bonds is 3. The van der Waals surface area contributed by atoms with Gasteiger partial charge in [-0.05, 0) is 42.2 Å². The molecule has 4 heteroatoms. The van der Waals surface area contributed by atoms with Crippen molar-refractivity contribution in [2.75, 3.05) is 23.8 Å². The van der Waals surface area contributed by atoms with Crippen LogP contribution in [0.3, 0.4) is 0 Å². The molecule has 0 saturated carbocycles. The van der Waals surface area contributed by atoms with Gasteiger partial charge in [-0.2, -0.15) is 0 Å². The van der Waals surface area contributed by atoms with E-state index in [-0.39, 0.29) is 5.69 Å². The van der Waals surface area contributed by atoms with Gasteiger partial charge >= 0.3 is 0 Å². The SMILES string of the molecule is Cc1ccc(F)c(NCc2ccc3c(c2)CCN3C)c1F. The molecule has 21 heavy (non-hydrogen) atoms. The first-order valence-electron chi connectivity index (χ1n) is 7.07. The summed E-state index contributed by atoms with van der Waals surface area (Å²) in [5, 5.41) is 2.88. The van der Waals surface area contributed by atoms with E-state index in [1.165, 1.54) is 23.4 Å². The van der Waals surface area contributed by atoms with E-state index in [1.807, 2.05) is 6.07 Å². The topological polar surface area (TPSA) is 15.3 Å². The first-order valence-corrected chi connectivity index (χ1v) is 7.07. The van der Waals surface area contributed by atoms with Gasteiger partial charge in [0, 0.05) is 25.8 Å². The van der Waals surface area contributed by atoms with Crippen molar-refractivity contribution in [3.63, 3.8) is 0 Å². The van der Waals surface area contributed by atoms with Crippen LogP contribution in [-0.2, 0) is 13.0 Å². The van der Waals surface area contributed by atoms with Crippen LogP contribution in [0.4, 0.5) is 20.2 Å². The average Bonchev–Trinajstić information content (AvgIpc) is 2.84. The third-order valence-electron chi connectivity index (χ3n) is 4.03. The second kappa shape index (κ2) is 5.35. The van der Waals surface area contributed by atoms with Crippen molar-refractivity contribution in [1.29, 1.82) is 0 Å². The Morgan fingerprint density at radius 3 is 2.81 bits per heavy atom. The number of aryl methyl sites for hydroxylation is 1. The van der Waals surface area contributed by atoms with Gasteiger partial charge < -0.3 is 10.2 Å². The van der Waals surface area contributed by atoms with E-state index in [1.54, 1.807) is 6.92 Å². The number of nitrogens with zero attached hydrogens (tertiary/aromatic N) is 1. The minimum absolute atomic E-state index is 0.0485. The first kappa shape index (κ1) is 13.9. The maximum atomic E-state index is 13.9. The summed E-state index contributed by atoms with van der Waals surface area (Å²) in [6.07, 6.45) is 1.02. The van der Waals surface area contributed by atoms with Crippen LogP contribution in [-0.4, -0.2) is 13.6 Å². The van der Waals surface area contributed by atoms with Gasteiger partial charge in [-0.25, -0.2) is 8.78 Å². The summed E-state index contributed by atoms with van der Waals surface area (Å²) in [4.78, 5) is 2.21. The highest BCUT2D eigenvalue weighted by Gasteiger charge is 2.16. The van der Waals surface area contributed by atoms with Gasteiger partial charge in [0.05, 0.1) is 0 Å². The summed E-state index contributed by atoms with van der Waals surface area (Å²) in [7, 11) is 2.07. The Hall–Kier alpha value is -2.10. The summed E-state index contributed by atoms with van der Waals surface area (Å²) in [5.41, 5.74) is 3.96. The molecule has 1 aliphatic heterocycles. The summed E-state index contributed by atoms with van der Waals surface area (Å²) in [6.45, 7) is 3.06. The molecule has 0 fully saturated rings. The molecule has 1 N–H and O–H groups in total. The van der Waals surface area contributed by atoms with Gasteiger partial charge in [-0.15, -0.1) is 0 Å². The average molecular weight is 288 g/mol. The summed E-state index contributed by atoms with van der Waals surface area (Å²) in [6, 6.07) is 8.92. The van der Waals surface area contributed by atoms with Crippen LogP contribution in [0.2, 0.25) is 0 Å². The zero-order valence-electron chi connectivity index (χ0n) is 12.2. The smallest absolute Gasteiger partial charge is 0.152 e. The number of nitrogens with one attached hydrogen (secondary N) is 1. The summed E-state index contributed by atoms with van der Waals surface area (Å²) < 4.78 is 27.6. The number of hydrogen-bond acceptors (Lipinski definition) is 2. The van der Waals surface area contributed by atoms with Gasteiger partial charge in [0.15, 0.2) is 5.82 Å². The highest BCUT2D eigenvalue weighted by molar-refractivity contribution is 5.59. The van der Waals surface area contributed by atoms with Crippen LogP contribution in [0.1, 0.15) is 16.7 Å². The Morgan fingerprint density at radius 2 is 2.00 bits per heavy atom. The molecule has 0 unspecified atom stereocenters. The van der Waals surface area contributed by atoms with Gasteiger partial charge in [0.2, 0.25) is 0 Å². The largest absolute Gasteiger partial charge is 0.376 e. The maximum Gasteiger partial charge on any atom is 0.152 e. The zero-order valence-corrected chi connectivity index (χ0v) is 12.2. The Bertz CT molecular complexity index is 683. The highest BCUT2D eigenvalue weighted by Crippen LogP contribution is 2.28. The molecule has 0 amide bonds. The molecule has 0 saturated heterocycles. The normalized spacial score (nSPS) is 13.4. The molecule has 0 radical (unpaired) electrons. The molecule has 110 valence electrons. The number of fused-ring (bicyclic) bond motifs is 1. The minimum atomic E-state index is -0.556. The lowest BCUT2D eigenvalue weighted by atomic mass is 10.1. The molecule has 0 aromatic heterocycles. The van der Waals surface area contributed by atoms with Gasteiger partial charge in [0.25, 0.3) is 0 Å². The Balaban J connectivity index is 1.79. The molecule has 0 atom stereocenters. The molecule has 1 aliphatic rings. The lowest BCUT2D eigenvalue weighted by molar-refractivity contribution is 0.582. The van der Waals surface area contributed by atoms with Crippen LogP contribution >= 0.6 is 0 Å². The predicted octanol–water partition coefficient (Wildman–Crippen LogP) is 3.88. The van der Waals surface area contributed by atoms with Crippen molar-refractivity contribution in [1.82, 2.24) is 0 Å². The molecule has 3 rings (SSSR count). The number of halogens is 2. The summed E-state index contributed by atoms with van der Waals surface area (Å²) in [5.74, 6) is -1.07. The molecule has 1 heterocycles. The van der Waals surface area contributed by atoms with Crippen LogP contribution in [0.15, 0.2) is 30.3 Å². The minimum Gasteiger partial charge on any atom is -0.376 e. The number of benzene rings is 2. The Kier molecular flexibility index (Phi) is 3.53. The van der Waals surface area contributed by atoms with Crippen LogP contribution < -0.4 is 10.2 Å². The van der Waals surface area contributed by atoms with Crippen molar-refractivity contribution in [2.24, 2.45) is 0 Å². The molecular weight excluding hydrogens is 270 g/mol. The lowest BCUT2D eigenvalue weighted by Gasteiger charge is -2.13. The second-order valence-corrected chi connectivity index (χ2v) is 5.54. The Morgan fingerprint density at radius 1 is 1.19 bits per heavy atom. The molecule has 2 aromatic rings. The maximum absolute atomic E-state index is 13.9. The quantitative estimate of drug-likeness (QED) is 0.922. The van der Waals surface area contributed by atoms with E-state index in [2.05, 4.69) is 29.4 Å². The van der Waals surface area contributed by atoms with Crippen molar-refractivity contribution in [3.05, 3.63) is 58.7 Å². The zero-order chi connectivity index (χ0) is 15.0. The molecule has 0 spiro atoms. The number of likely N-dealkylation sites (N-methyl/N-ethyl adjacent to an activating group) is 1. The molecule has 0 bridgehead atoms. The van der Waals surface area contributed by atoms with Crippen molar-refractivity contribution < 1.29 is 8.78 Å². The first-order chi connectivity index (χ1) is 10.1. The van der Waals surface area contributed by atoms with Crippen LogP contribution in [0, 0.1) is 18.6 Å². The number of hydrogen-bond donors (Lipinski definition) is 1. The summed E-state index contributed by atoms with van der Waals surface area (Å²) >= 11 is 0. The van der Waals surface area contributed by atoms with Crippen LogP contribution in [0.5, 0.6) is 0 Å². The van der Waals surface area contributed by atoms with E-state index in [9.17, 15) is 8.78 Å². The Labute approximate surface area is 123 Å². The fraction of sp³-hybridized carbons (Fsp3) is 0.294. The molecule has 0 aliphatic carbocycles. The van der Waals surface area contributed by atoms with E-state index in [4.69, 9.17) is 0 Å². The molecule has 2 aromatic carbocycles. The van der Waals surface area contributed by atoms with E-state index in [0.717, 1.165) is 18.5 Å². The fourth-order valence-electron chi connectivity index (χ4n) is 2.74. The van der Waals surface area contributed by atoms with E-state index >= 15 is 0 Å². The van der Waals surface area contributed by atoms with Crippen LogP contribution in [0.25, 0.3) is 0 Å². The van der Waals surface area contributed by atoms with Gasteiger partial charge in [0.1, 0.15) is 11.5 Å². The third kappa shape index (κ3) is 2.58. The van der Waals surface area contributed by atoms with E-state index < -0.39 is 11.6 Å². The highest BCUT2D eigenvalue weighted by atomic mass is 19.1. The lowest BCUT2D eigenvalue weighted by Crippen LogP contribution is -2.12. The number of anilines is 2. The van der Waals surface area contributed by atoms with Gasteiger partial charge in [-0.1, -0.05) is 18.2 Å². The van der Waals surface area contributed by atoms with Crippen molar-refractivity contribution >= 4 is 11.4 Å². The molecular formula is C17H18F2N2. The van der Waals surface area contributed by atoms with Crippen molar-refractivity contribution in [3.8, 4) is 0 Å². The van der Waals surface area contributed by atoms with Crippen molar-refractivity contribution in [2.45, 2.75) is 19.9 Å².